The van der Waals surface area contributed by atoms with Crippen LogP contribution in [0.3, 0.4) is 0 Å². The summed E-state index contributed by atoms with van der Waals surface area (Å²) in [6.45, 7) is 4.39. The Balaban J connectivity index is 2.24. The number of ether oxygens (including phenoxy) is 1. The van der Waals surface area contributed by atoms with Crippen LogP contribution in [-0.2, 0) is 13.0 Å². The van der Waals surface area contributed by atoms with Gasteiger partial charge in [0.1, 0.15) is 12.4 Å². The first-order valence-electron chi connectivity index (χ1n) is 6.90. The minimum absolute atomic E-state index is 0.430. The van der Waals surface area contributed by atoms with Crippen molar-refractivity contribution in [1.82, 2.24) is 5.48 Å². The number of nitrogens with one attached hydrogen (secondary N) is 1. The number of amides is 1. The van der Waals surface area contributed by atoms with Gasteiger partial charge in [0.15, 0.2) is 0 Å². The lowest BCUT2D eigenvalue weighted by Crippen LogP contribution is -2.19. The minimum Gasteiger partial charge on any atom is -0.488 e. The number of aryl methyl sites for hydroxylation is 2. The second kappa shape index (κ2) is 6.90. The highest BCUT2D eigenvalue weighted by Gasteiger charge is 2.12. The summed E-state index contributed by atoms with van der Waals surface area (Å²) in [5, 5.41) is 8.73. The van der Waals surface area contributed by atoms with Gasteiger partial charge in [-0.2, -0.15) is 0 Å². The Bertz CT molecular complexity index is 623. The van der Waals surface area contributed by atoms with E-state index in [0.29, 0.717) is 12.2 Å². The van der Waals surface area contributed by atoms with E-state index in [1.807, 2.05) is 44.2 Å². The van der Waals surface area contributed by atoms with Gasteiger partial charge in [-0.1, -0.05) is 37.3 Å². The Hall–Kier alpha value is -2.33. The lowest BCUT2D eigenvalue weighted by molar-refractivity contribution is 0.0706. The fraction of sp³-hybridized carbons (Fsp3) is 0.235. The zero-order valence-electron chi connectivity index (χ0n) is 12.2. The molecular weight excluding hydrogens is 266 g/mol. The number of hydrogen-bond acceptors (Lipinski definition) is 3. The monoisotopic (exact) mass is 285 g/mol. The highest BCUT2D eigenvalue weighted by atomic mass is 16.5. The van der Waals surface area contributed by atoms with E-state index < -0.39 is 5.91 Å². The second-order valence-electron chi connectivity index (χ2n) is 4.85. The quantitative estimate of drug-likeness (QED) is 0.655. The van der Waals surface area contributed by atoms with E-state index in [1.54, 1.807) is 17.6 Å². The molecule has 0 heterocycles. The molecule has 0 aliphatic carbocycles. The number of carbonyl (C=O) groups is 1. The van der Waals surface area contributed by atoms with Crippen molar-refractivity contribution in [3.05, 3.63) is 64.7 Å². The molecule has 0 aromatic heterocycles. The molecule has 0 aliphatic heterocycles. The SMILES string of the molecule is CCc1cc(C(=O)NO)cc(C)c1OCc1ccccc1. The van der Waals surface area contributed by atoms with E-state index in [-0.39, 0.29) is 0 Å². The van der Waals surface area contributed by atoms with Gasteiger partial charge in [0.2, 0.25) is 0 Å². The van der Waals surface area contributed by atoms with Crippen molar-refractivity contribution in [2.45, 2.75) is 26.9 Å². The first kappa shape index (κ1) is 15.1. The average molecular weight is 285 g/mol. The van der Waals surface area contributed by atoms with Crippen LogP contribution in [0.1, 0.15) is 34.0 Å². The molecule has 0 saturated heterocycles. The summed E-state index contributed by atoms with van der Waals surface area (Å²) < 4.78 is 5.92. The van der Waals surface area contributed by atoms with Crippen molar-refractivity contribution in [2.24, 2.45) is 0 Å². The summed E-state index contributed by atoms with van der Waals surface area (Å²) in [5.41, 5.74) is 5.01. The second-order valence-corrected chi connectivity index (χ2v) is 4.85. The highest BCUT2D eigenvalue weighted by Crippen LogP contribution is 2.27. The predicted octanol–water partition coefficient (Wildman–Crippen LogP) is 3.26. The van der Waals surface area contributed by atoms with Gasteiger partial charge in [-0.3, -0.25) is 10.0 Å². The Morgan fingerprint density at radius 3 is 2.57 bits per heavy atom. The minimum atomic E-state index is -0.512. The van der Waals surface area contributed by atoms with E-state index in [0.717, 1.165) is 28.9 Å². The Kier molecular flexibility index (Phi) is 4.95. The van der Waals surface area contributed by atoms with Gasteiger partial charge in [-0.05, 0) is 42.2 Å². The van der Waals surface area contributed by atoms with E-state index in [2.05, 4.69) is 0 Å². The number of rotatable bonds is 5. The first-order valence-corrected chi connectivity index (χ1v) is 6.90. The molecule has 0 spiro atoms. The zero-order chi connectivity index (χ0) is 15.2. The highest BCUT2D eigenvalue weighted by molar-refractivity contribution is 5.94. The molecule has 0 atom stereocenters. The van der Waals surface area contributed by atoms with Gasteiger partial charge in [0.05, 0.1) is 0 Å². The molecule has 2 rings (SSSR count). The van der Waals surface area contributed by atoms with E-state index in [4.69, 9.17) is 9.94 Å². The van der Waals surface area contributed by atoms with E-state index >= 15 is 0 Å². The molecule has 4 nitrogen and oxygen atoms in total. The van der Waals surface area contributed by atoms with Crippen LogP contribution < -0.4 is 10.2 Å². The third-order valence-corrected chi connectivity index (χ3v) is 3.32. The van der Waals surface area contributed by atoms with Gasteiger partial charge in [-0.15, -0.1) is 0 Å². The van der Waals surface area contributed by atoms with Crippen LogP contribution in [0, 0.1) is 6.92 Å². The average Bonchev–Trinajstić information content (AvgIpc) is 2.53. The number of benzene rings is 2. The third kappa shape index (κ3) is 3.61. The van der Waals surface area contributed by atoms with E-state index in [9.17, 15) is 4.79 Å². The van der Waals surface area contributed by atoms with Crippen molar-refractivity contribution < 1.29 is 14.7 Å². The molecule has 0 fully saturated rings. The smallest absolute Gasteiger partial charge is 0.274 e. The fourth-order valence-corrected chi connectivity index (χ4v) is 2.24. The molecule has 21 heavy (non-hydrogen) atoms. The molecule has 1 amide bonds. The molecule has 2 N–H and O–H groups in total. The summed E-state index contributed by atoms with van der Waals surface area (Å²) in [5.74, 6) is 0.290. The van der Waals surface area contributed by atoms with Gasteiger partial charge >= 0.3 is 0 Å². The maximum atomic E-state index is 11.5. The number of carbonyl (C=O) groups excluding carboxylic acids is 1. The number of hydrogen-bond donors (Lipinski definition) is 2. The summed E-state index contributed by atoms with van der Waals surface area (Å²) in [6.07, 6.45) is 0.748. The molecule has 2 aromatic rings. The topological polar surface area (TPSA) is 58.6 Å². The van der Waals surface area contributed by atoms with Crippen molar-refractivity contribution in [1.29, 1.82) is 0 Å². The molecule has 0 radical (unpaired) electrons. The Morgan fingerprint density at radius 1 is 1.24 bits per heavy atom. The number of hydroxylamine groups is 1. The van der Waals surface area contributed by atoms with Crippen LogP contribution in [0.25, 0.3) is 0 Å². The van der Waals surface area contributed by atoms with Crippen molar-refractivity contribution in [2.75, 3.05) is 0 Å². The third-order valence-electron chi connectivity index (χ3n) is 3.32. The maximum Gasteiger partial charge on any atom is 0.274 e. The van der Waals surface area contributed by atoms with Gasteiger partial charge in [0, 0.05) is 5.56 Å². The predicted molar refractivity (Wildman–Crippen MR) is 80.6 cm³/mol. The molecule has 2 aromatic carbocycles. The Labute approximate surface area is 124 Å². The van der Waals surface area contributed by atoms with Crippen molar-refractivity contribution in [3.63, 3.8) is 0 Å². The van der Waals surface area contributed by atoms with Gasteiger partial charge in [0.25, 0.3) is 5.91 Å². The van der Waals surface area contributed by atoms with E-state index in [1.165, 1.54) is 0 Å². The van der Waals surface area contributed by atoms with Crippen LogP contribution in [0.5, 0.6) is 5.75 Å². The summed E-state index contributed by atoms with van der Waals surface area (Å²) in [4.78, 5) is 11.5. The van der Waals surface area contributed by atoms with Crippen molar-refractivity contribution in [3.8, 4) is 5.75 Å². The van der Waals surface area contributed by atoms with Crippen LogP contribution in [0.15, 0.2) is 42.5 Å². The lowest BCUT2D eigenvalue weighted by Gasteiger charge is -2.15. The van der Waals surface area contributed by atoms with Crippen LogP contribution in [0.2, 0.25) is 0 Å². The molecule has 0 bridgehead atoms. The maximum absolute atomic E-state index is 11.5. The van der Waals surface area contributed by atoms with Crippen LogP contribution in [0.4, 0.5) is 0 Å². The van der Waals surface area contributed by atoms with Crippen LogP contribution >= 0.6 is 0 Å². The molecule has 4 heteroatoms. The molecule has 0 unspecified atom stereocenters. The molecule has 110 valence electrons. The van der Waals surface area contributed by atoms with Crippen LogP contribution in [-0.4, -0.2) is 11.1 Å². The summed E-state index contributed by atoms with van der Waals surface area (Å²) >= 11 is 0. The molecular formula is C17H19NO3. The van der Waals surface area contributed by atoms with Crippen molar-refractivity contribution >= 4 is 5.91 Å². The zero-order valence-corrected chi connectivity index (χ0v) is 12.2. The standard InChI is InChI=1S/C17H19NO3/c1-3-14-10-15(17(19)18-20)9-12(2)16(14)21-11-13-7-5-4-6-8-13/h4-10,20H,3,11H2,1-2H3,(H,18,19). The summed E-state index contributed by atoms with van der Waals surface area (Å²) in [6, 6.07) is 13.4. The summed E-state index contributed by atoms with van der Waals surface area (Å²) in [7, 11) is 0. The van der Waals surface area contributed by atoms with Gasteiger partial charge in [-0.25, -0.2) is 5.48 Å². The fourth-order valence-electron chi connectivity index (χ4n) is 2.24. The molecule has 0 saturated carbocycles. The van der Waals surface area contributed by atoms with Gasteiger partial charge < -0.3 is 4.74 Å². The largest absolute Gasteiger partial charge is 0.488 e. The lowest BCUT2D eigenvalue weighted by atomic mass is 10.0. The Morgan fingerprint density at radius 2 is 1.95 bits per heavy atom. The normalized spacial score (nSPS) is 10.2. The molecule has 0 aliphatic rings. The first-order chi connectivity index (χ1) is 10.2.